The normalized spacial score (nSPS) is 22.1. The summed E-state index contributed by atoms with van der Waals surface area (Å²) in [5.74, 6) is 0. The van der Waals surface area contributed by atoms with E-state index < -0.39 is 12.6 Å². The highest BCUT2D eigenvalue weighted by Gasteiger charge is 2.27. The van der Waals surface area contributed by atoms with Crippen LogP contribution in [0.4, 0.5) is 13.2 Å². The van der Waals surface area contributed by atoms with Gasteiger partial charge in [0, 0.05) is 19.0 Å². The van der Waals surface area contributed by atoms with Gasteiger partial charge in [-0.3, -0.25) is 4.90 Å². The molecule has 0 spiro atoms. The molecule has 0 aromatic heterocycles. The van der Waals surface area contributed by atoms with Gasteiger partial charge in [-0.25, -0.2) is 0 Å². The zero-order valence-electron chi connectivity index (χ0n) is 10.5. The molecule has 0 aromatic rings. The van der Waals surface area contributed by atoms with Gasteiger partial charge in [0.05, 0.1) is 0 Å². The van der Waals surface area contributed by atoms with E-state index in [0.29, 0.717) is 12.6 Å². The first-order valence-corrected chi connectivity index (χ1v) is 6.54. The van der Waals surface area contributed by atoms with Gasteiger partial charge in [0.2, 0.25) is 0 Å². The van der Waals surface area contributed by atoms with Crippen molar-refractivity contribution in [2.75, 3.05) is 26.2 Å². The van der Waals surface area contributed by atoms with E-state index in [4.69, 9.17) is 0 Å². The number of hydrogen-bond acceptors (Lipinski definition) is 2. The zero-order valence-corrected chi connectivity index (χ0v) is 10.5. The van der Waals surface area contributed by atoms with Gasteiger partial charge < -0.3 is 5.32 Å². The average Bonchev–Trinajstić information content (AvgIpc) is 2.27. The third kappa shape index (κ3) is 6.27. The lowest BCUT2D eigenvalue weighted by Crippen LogP contribution is -2.46. The molecule has 0 amide bonds. The fourth-order valence-electron chi connectivity index (χ4n) is 2.39. The van der Waals surface area contributed by atoms with Crippen molar-refractivity contribution in [3.8, 4) is 0 Å². The molecule has 1 rings (SSSR count). The number of nitrogens with one attached hydrogen (secondary N) is 1. The van der Waals surface area contributed by atoms with Crippen LogP contribution in [0.1, 0.15) is 39.0 Å². The lowest BCUT2D eigenvalue weighted by atomic mass is 10.1. The number of rotatable bonds is 6. The standard InChI is InChI=1S/C12H23F3N2/c1-2-8-17(9-4-6-12(13,14)15)11-5-3-7-16-10-11/h11,16H,2-10H2,1H3. The van der Waals surface area contributed by atoms with Crippen molar-refractivity contribution in [1.29, 1.82) is 0 Å². The summed E-state index contributed by atoms with van der Waals surface area (Å²) >= 11 is 0. The zero-order chi connectivity index (χ0) is 12.7. The molecular weight excluding hydrogens is 229 g/mol. The second kappa shape index (κ2) is 7.21. The van der Waals surface area contributed by atoms with Crippen LogP contribution in [0.3, 0.4) is 0 Å². The number of hydrogen-bond donors (Lipinski definition) is 1. The molecule has 0 aliphatic carbocycles. The van der Waals surface area contributed by atoms with E-state index in [0.717, 1.165) is 38.9 Å². The Morgan fingerprint density at radius 1 is 1.29 bits per heavy atom. The van der Waals surface area contributed by atoms with Gasteiger partial charge in [0.25, 0.3) is 0 Å². The summed E-state index contributed by atoms with van der Waals surface area (Å²) in [7, 11) is 0. The van der Waals surface area contributed by atoms with Crippen molar-refractivity contribution in [3.63, 3.8) is 0 Å². The second-order valence-corrected chi connectivity index (χ2v) is 4.75. The van der Waals surface area contributed by atoms with Gasteiger partial charge in [-0.05, 0) is 45.3 Å². The van der Waals surface area contributed by atoms with Gasteiger partial charge >= 0.3 is 6.18 Å². The number of nitrogens with zero attached hydrogens (tertiary/aromatic N) is 1. The Morgan fingerprint density at radius 2 is 2.06 bits per heavy atom. The highest BCUT2D eigenvalue weighted by molar-refractivity contribution is 4.78. The summed E-state index contributed by atoms with van der Waals surface area (Å²) in [5, 5.41) is 3.32. The maximum atomic E-state index is 12.1. The maximum Gasteiger partial charge on any atom is 0.389 e. The largest absolute Gasteiger partial charge is 0.389 e. The van der Waals surface area contributed by atoms with Crippen LogP contribution in [-0.2, 0) is 0 Å². The first-order chi connectivity index (χ1) is 8.03. The van der Waals surface area contributed by atoms with E-state index in [1.54, 1.807) is 0 Å². The molecule has 1 aliphatic heterocycles. The summed E-state index contributed by atoms with van der Waals surface area (Å²) in [6.07, 6.45) is -1.21. The van der Waals surface area contributed by atoms with Crippen molar-refractivity contribution in [2.24, 2.45) is 0 Å². The van der Waals surface area contributed by atoms with E-state index in [1.807, 2.05) is 0 Å². The first kappa shape index (κ1) is 14.8. The lowest BCUT2D eigenvalue weighted by molar-refractivity contribution is -0.136. The molecule has 1 N–H and O–H groups in total. The van der Waals surface area contributed by atoms with Crippen molar-refractivity contribution in [1.82, 2.24) is 10.2 Å². The van der Waals surface area contributed by atoms with E-state index in [-0.39, 0.29) is 6.42 Å². The van der Waals surface area contributed by atoms with E-state index in [2.05, 4.69) is 17.1 Å². The molecule has 0 saturated carbocycles. The Morgan fingerprint density at radius 3 is 2.59 bits per heavy atom. The van der Waals surface area contributed by atoms with Crippen LogP contribution in [0.2, 0.25) is 0 Å². The van der Waals surface area contributed by atoms with Crippen molar-refractivity contribution < 1.29 is 13.2 Å². The molecule has 5 heteroatoms. The molecule has 1 aliphatic rings. The summed E-state index contributed by atoms with van der Waals surface area (Å²) in [6.45, 7) is 5.52. The SMILES string of the molecule is CCCN(CCCC(F)(F)F)C1CCCNC1. The molecule has 1 unspecified atom stereocenters. The molecule has 102 valence electrons. The molecule has 2 nitrogen and oxygen atoms in total. The third-order valence-electron chi connectivity index (χ3n) is 3.20. The number of halogens is 3. The van der Waals surface area contributed by atoms with Crippen LogP contribution in [0.25, 0.3) is 0 Å². The molecule has 0 radical (unpaired) electrons. The van der Waals surface area contributed by atoms with E-state index in [9.17, 15) is 13.2 Å². The van der Waals surface area contributed by atoms with Gasteiger partial charge in [0.15, 0.2) is 0 Å². The smallest absolute Gasteiger partial charge is 0.315 e. The van der Waals surface area contributed by atoms with E-state index >= 15 is 0 Å². The molecule has 1 fully saturated rings. The molecule has 0 aromatic carbocycles. The molecule has 1 atom stereocenters. The Balaban J connectivity index is 2.31. The predicted octanol–water partition coefficient (Wildman–Crippen LogP) is 2.79. The van der Waals surface area contributed by atoms with Crippen LogP contribution in [-0.4, -0.2) is 43.3 Å². The minimum atomic E-state index is -4.01. The topological polar surface area (TPSA) is 15.3 Å². The Labute approximate surface area is 102 Å². The monoisotopic (exact) mass is 252 g/mol. The number of alkyl halides is 3. The lowest BCUT2D eigenvalue weighted by Gasteiger charge is -2.34. The minimum absolute atomic E-state index is 0.222. The Kier molecular flexibility index (Phi) is 6.27. The van der Waals surface area contributed by atoms with Crippen molar-refractivity contribution in [3.05, 3.63) is 0 Å². The Bertz CT molecular complexity index is 200. The third-order valence-corrected chi connectivity index (χ3v) is 3.20. The Hall–Kier alpha value is -0.290. The predicted molar refractivity (Wildman–Crippen MR) is 63.0 cm³/mol. The van der Waals surface area contributed by atoms with Gasteiger partial charge in [-0.1, -0.05) is 6.92 Å². The minimum Gasteiger partial charge on any atom is -0.315 e. The van der Waals surface area contributed by atoms with Crippen LogP contribution in [0.15, 0.2) is 0 Å². The van der Waals surface area contributed by atoms with Gasteiger partial charge in [0.1, 0.15) is 0 Å². The fourth-order valence-corrected chi connectivity index (χ4v) is 2.39. The maximum absolute atomic E-state index is 12.1. The molecule has 0 bridgehead atoms. The van der Waals surface area contributed by atoms with Crippen LogP contribution in [0, 0.1) is 0 Å². The summed E-state index contributed by atoms with van der Waals surface area (Å²) in [6, 6.07) is 0.428. The van der Waals surface area contributed by atoms with Crippen LogP contribution < -0.4 is 5.32 Å². The van der Waals surface area contributed by atoms with Crippen molar-refractivity contribution >= 4 is 0 Å². The first-order valence-electron chi connectivity index (χ1n) is 6.54. The van der Waals surface area contributed by atoms with Crippen molar-refractivity contribution in [2.45, 2.75) is 51.2 Å². The second-order valence-electron chi connectivity index (χ2n) is 4.75. The molecular formula is C12H23F3N2. The summed E-state index contributed by atoms with van der Waals surface area (Å²) in [4.78, 5) is 2.22. The van der Waals surface area contributed by atoms with Crippen LogP contribution >= 0.6 is 0 Å². The molecule has 1 heterocycles. The molecule has 17 heavy (non-hydrogen) atoms. The van der Waals surface area contributed by atoms with Crippen LogP contribution in [0.5, 0.6) is 0 Å². The van der Waals surface area contributed by atoms with Gasteiger partial charge in [-0.2, -0.15) is 13.2 Å². The van der Waals surface area contributed by atoms with E-state index in [1.165, 1.54) is 0 Å². The fraction of sp³-hybridized carbons (Fsp3) is 1.00. The highest BCUT2D eigenvalue weighted by Crippen LogP contribution is 2.22. The number of piperidine rings is 1. The quantitative estimate of drug-likeness (QED) is 0.782. The average molecular weight is 252 g/mol. The summed E-state index contributed by atoms with van der Waals surface area (Å²) < 4.78 is 36.3. The van der Waals surface area contributed by atoms with Gasteiger partial charge in [-0.15, -0.1) is 0 Å². The summed E-state index contributed by atoms with van der Waals surface area (Å²) in [5.41, 5.74) is 0. The highest BCUT2D eigenvalue weighted by atomic mass is 19.4. The molecule has 1 saturated heterocycles.